The first kappa shape index (κ1) is 14.7. The largest absolute Gasteiger partial charge is 0.412 e. The molecule has 1 unspecified atom stereocenters. The van der Waals surface area contributed by atoms with Crippen LogP contribution in [-0.2, 0) is 0 Å². The summed E-state index contributed by atoms with van der Waals surface area (Å²) in [6, 6.07) is 10.9. The van der Waals surface area contributed by atoms with Crippen LogP contribution in [0.5, 0.6) is 0 Å². The summed E-state index contributed by atoms with van der Waals surface area (Å²) in [6.45, 7) is 1.71. The highest BCUT2D eigenvalue weighted by Crippen LogP contribution is 2.38. The van der Waals surface area contributed by atoms with Crippen molar-refractivity contribution in [3.63, 3.8) is 0 Å². The lowest BCUT2D eigenvalue weighted by molar-refractivity contribution is -0.144. The lowest BCUT2D eigenvalue weighted by Gasteiger charge is -2.24. The number of benzene rings is 2. The van der Waals surface area contributed by atoms with Crippen LogP contribution in [-0.4, -0.2) is 6.18 Å². The van der Waals surface area contributed by atoms with E-state index in [1.54, 1.807) is 43.3 Å². The van der Waals surface area contributed by atoms with Crippen molar-refractivity contribution in [2.75, 3.05) is 5.32 Å². The summed E-state index contributed by atoms with van der Waals surface area (Å²) in [5.74, 6) is 0. The third kappa shape index (κ3) is 3.25. The Labute approximate surface area is 120 Å². The SMILES string of the molecule is Cc1cccc(Cl)c1NC(c1ccccc1)C(F)(F)F. The number of aryl methyl sites for hydroxylation is 1. The van der Waals surface area contributed by atoms with E-state index in [2.05, 4.69) is 5.32 Å². The fourth-order valence-electron chi connectivity index (χ4n) is 1.96. The molecule has 2 rings (SSSR count). The van der Waals surface area contributed by atoms with Crippen molar-refractivity contribution >= 4 is 17.3 Å². The van der Waals surface area contributed by atoms with Gasteiger partial charge in [0.2, 0.25) is 0 Å². The maximum absolute atomic E-state index is 13.2. The van der Waals surface area contributed by atoms with Crippen molar-refractivity contribution in [3.05, 3.63) is 64.7 Å². The van der Waals surface area contributed by atoms with Gasteiger partial charge in [-0.3, -0.25) is 0 Å². The molecule has 1 N–H and O–H groups in total. The third-order valence-electron chi connectivity index (χ3n) is 2.97. The summed E-state index contributed by atoms with van der Waals surface area (Å²) in [5.41, 5.74) is 1.13. The number of nitrogens with one attached hydrogen (secondary N) is 1. The van der Waals surface area contributed by atoms with E-state index in [4.69, 9.17) is 11.6 Å². The van der Waals surface area contributed by atoms with E-state index in [-0.39, 0.29) is 10.6 Å². The van der Waals surface area contributed by atoms with E-state index < -0.39 is 12.2 Å². The number of anilines is 1. The van der Waals surface area contributed by atoms with E-state index in [1.807, 2.05) is 0 Å². The smallest absolute Gasteiger partial charge is 0.369 e. The fraction of sp³-hybridized carbons (Fsp3) is 0.200. The molecule has 0 fully saturated rings. The number of para-hydroxylation sites is 1. The quantitative estimate of drug-likeness (QED) is 0.804. The van der Waals surface area contributed by atoms with Gasteiger partial charge in [0.05, 0.1) is 10.7 Å². The number of alkyl halides is 3. The maximum atomic E-state index is 13.2. The Bertz CT molecular complexity index is 561. The molecule has 0 aromatic heterocycles. The van der Waals surface area contributed by atoms with Crippen LogP contribution in [0, 0.1) is 6.92 Å². The highest BCUT2D eigenvalue weighted by atomic mass is 35.5. The minimum Gasteiger partial charge on any atom is -0.369 e. The second kappa shape index (κ2) is 5.75. The van der Waals surface area contributed by atoms with Crippen LogP contribution in [0.4, 0.5) is 18.9 Å². The van der Waals surface area contributed by atoms with Gasteiger partial charge in [0.1, 0.15) is 6.04 Å². The summed E-state index contributed by atoms with van der Waals surface area (Å²) < 4.78 is 39.7. The number of hydrogen-bond donors (Lipinski definition) is 1. The molecule has 1 atom stereocenters. The Morgan fingerprint density at radius 3 is 2.20 bits per heavy atom. The van der Waals surface area contributed by atoms with Gasteiger partial charge in [0.15, 0.2) is 0 Å². The van der Waals surface area contributed by atoms with Gasteiger partial charge in [-0.05, 0) is 24.1 Å². The second-order valence-electron chi connectivity index (χ2n) is 4.46. The molecular weight excluding hydrogens is 287 g/mol. The van der Waals surface area contributed by atoms with Gasteiger partial charge >= 0.3 is 6.18 Å². The summed E-state index contributed by atoms with van der Waals surface area (Å²) in [4.78, 5) is 0. The summed E-state index contributed by atoms with van der Waals surface area (Å²) >= 11 is 5.98. The highest BCUT2D eigenvalue weighted by Gasteiger charge is 2.41. The van der Waals surface area contributed by atoms with Gasteiger partial charge in [-0.1, -0.05) is 54.1 Å². The molecule has 0 spiro atoms. The van der Waals surface area contributed by atoms with E-state index in [9.17, 15) is 13.2 Å². The zero-order chi connectivity index (χ0) is 14.8. The maximum Gasteiger partial charge on any atom is 0.412 e. The highest BCUT2D eigenvalue weighted by molar-refractivity contribution is 6.33. The Kier molecular flexibility index (Phi) is 4.23. The van der Waals surface area contributed by atoms with Crippen molar-refractivity contribution in [1.29, 1.82) is 0 Å². The van der Waals surface area contributed by atoms with Crippen molar-refractivity contribution < 1.29 is 13.2 Å². The molecule has 2 aromatic rings. The lowest BCUT2D eigenvalue weighted by Crippen LogP contribution is -2.28. The average molecular weight is 300 g/mol. The van der Waals surface area contributed by atoms with Crippen LogP contribution >= 0.6 is 11.6 Å². The summed E-state index contributed by atoms with van der Waals surface area (Å²) in [5, 5.41) is 2.79. The summed E-state index contributed by atoms with van der Waals surface area (Å²) in [6.07, 6.45) is -4.41. The lowest BCUT2D eigenvalue weighted by atomic mass is 10.1. The van der Waals surface area contributed by atoms with Crippen LogP contribution in [0.25, 0.3) is 0 Å². The molecule has 106 valence electrons. The number of rotatable bonds is 3. The van der Waals surface area contributed by atoms with Crippen molar-refractivity contribution in [1.82, 2.24) is 0 Å². The Morgan fingerprint density at radius 1 is 1.00 bits per heavy atom. The second-order valence-corrected chi connectivity index (χ2v) is 4.87. The Morgan fingerprint density at radius 2 is 1.65 bits per heavy atom. The molecular formula is C15H13ClF3N. The molecule has 2 aromatic carbocycles. The molecule has 0 saturated carbocycles. The number of halogens is 4. The van der Waals surface area contributed by atoms with Crippen LogP contribution in [0.3, 0.4) is 0 Å². The van der Waals surface area contributed by atoms with Crippen LogP contribution in [0.15, 0.2) is 48.5 Å². The first-order valence-corrected chi connectivity index (χ1v) is 6.40. The molecule has 0 bridgehead atoms. The van der Waals surface area contributed by atoms with Gasteiger partial charge in [-0.2, -0.15) is 13.2 Å². The Balaban J connectivity index is 2.40. The van der Waals surface area contributed by atoms with Gasteiger partial charge in [-0.25, -0.2) is 0 Å². The third-order valence-corrected chi connectivity index (χ3v) is 3.29. The molecule has 20 heavy (non-hydrogen) atoms. The first-order valence-electron chi connectivity index (χ1n) is 6.03. The van der Waals surface area contributed by atoms with Crippen LogP contribution < -0.4 is 5.32 Å². The van der Waals surface area contributed by atoms with E-state index >= 15 is 0 Å². The zero-order valence-electron chi connectivity index (χ0n) is 10.7. The monoisotopic (exact) mass is 299 g/mol. The van der Waals surface area contributed by atoms with Crippen LogP contribution in [0.2, 0.25) is 5.02 Å². The molecule has 0 saturated heterocycles. The standard InChI is InChI=1S/C15H13ClF3N/c1-10-6-5-9-12(16)13(10)20-14(15(17,18)19)11-7-3-2-4-8-11/h2-9,14,20H,1H3. The fourth-order valence-corrected chi connectivity index (χ4v) is 2.24. The minimum absolute atomic E-state index is 0.152. The average Bonchev–Trinajstić information content (AvgIpc) is 2.38. The molecule has 0 aliphatic heterocycles. The first-order chi connectivity index (χ1) is 9.39. The van der Waals surface area contributed by atoms with E-state index in [0.29, 0.717) is 11.3 Å². The van der Waals surface area contributed by atoms with Gasteiger partial charge in [0.25, 0.3) is 0 Å². The molecule has 0 heterocycles. The topological polar surface area (TPSA) is 12.0 Å². The molecule has 5 heteroatoms. The van der Waals surface area contributed by atoms with Crippen molar-refractivity contribution in [2.24, 2.45) is 0 Å². The van der Waals surface area contributed by atoms with Crippen molar-refractivity contribution in [3.8, 4) is 0 Å². The van der Waals surface area contributed by atoms with Gasteiger partial charge in [-0.15, -0.1) is 0 Å². The molecule has 0 amide bonds. The molecule has 1 nitrogen and oxygen atoms in total. The number of hydrogen-bond acceptors (Lipinski definition) is 1. The van der Waals surface area contributed by atoms with Crippen LogP contribution in [0.1, 0.15) is 17.2 Å². The molecule has 0 radical (unpaired) electrons. The summed E-state index contributed by atoms with van der Waals surface area (Å²) in [7, 11) is 0. The predicted octanol–water partition coefficient (Wildman–Crippen LogP) is 5.36. The van der Waals surface area contributed by atoms with E-state index in [1.165, 1.54) is 12.1 Å². The predicted molar refractivity (Wildman–Crippen MR) is 75.0 cm³/mol. The molecule has 0 aliphatic carbocycles. The van der Waals surface area contributed by atoms with Gasteiger partial charge in [0, 0.05) is 0 Å². The Hall–Kier alpha value is -1.68. The minimum atomic E-state index is -4.41. The zero-order valence-corrected chi connectivity index (χ0v) is 11.5. The van der Waals surface area contributed by atoms with Gasteiger partial charge < -0.3 is 5.32 Å². The molecule has 0 aliphatic rings. The van der Waals surface area contributed by atoms with E-state index in [0.717, 1.165) is 0 Å². The normalized spacial score (nSPS) is 13.1. The van der Waals surface area contributed by atoms with Crippen molar-refractivity contribution in [2.45, 2.75) is 19.1 Å².